The average molecular weight is 378 g/mol. The summed E-state index contributed by atoms with van der Waals surface area (Å²) in [6.07, 6.45) is 6.03. The number of benzene rings is 1. The molecule has 1 aliphatic carbocycles. The van der Waals surface area contributed by atoms with Crippen molar-refractivity contribution in [2.45, 2.75) is 43.0 Å². The van der Waals surface area contributed by atoms with Crippen LogP contribution in [0.15, 0.2) is 34.1 Å². The van der Waals surface area contributed by atoms with Gasteiger partial charge in [0, 0.05) is 31.7 Å². The second kappa shape index (κ2) is 6.85. The predicted molar refractivity (Wildman–Crippen MR) is 98.0 cm³/mol. The van der Waals surface area contributed by atoms with E-state index in [1.807, 2.05) is 0 Å². The second-order valence-electron chi connectivity index (χ2n) is 6.78. The van der Waals surface area contributed by atoms with Gasteiger partial charge >= 0.3 is 5.97 Å². The molecule has 0 bridgehead atoms. The summed E-state index contributed by atoms with van der Waals surface area (Å²) in [6.45, 7) is 0. The first-order chi connectivity index (χ1) is 12.2. The van der Waals surface area contributed by atoms with Crippen LogP contribution in [0.5, 0.6) is 0 Å². The van der Waals surface area contributed by atoms with Crippen molar-refractivity contribution in [1.82, 2.24) is 8.87 Å². The average Bonchev–Trinajstić information content (AvgIpc) is 2.64. The summed E-state index contributed by atoms with van der Waals surface area (Å²) in [5, 5.41) is 9.29. The lowest BCUT2D eigenvalue weighted by atomic mass is 9.96. The highest BCUT2D eigenvalue weighted by Crippen LogP contribution is 2.27. The number of carboxylic acid groups (broad SMARTS) is 1. The lowest BCUT2D eigenvalue weighted by molar-refractivity contribution is 0.0695. The number of fused-ring (bicyclic) bond motifs is 1. The van der Waals surface area contributed by atoms with Crippen LogP contribution >= 0.6 is 0 Å². The molecule has 26 heavy (non-hydrogen) atoms. The van der Waals surface area contributed by atoms with Gasteiger partial charge in [-0.15, -0.1) is 0 Å². The van der Waals surface area contributed by atoms with Gasteiger partial charge in [-0.1, -0.05) is 19.3 Å². The van der Waals surface area contributed by atoms with Crippen molar-refractivity contribution < 1.29 is 18.3 Å². The Morgan fingerprint density at radius 1 is 1.23 bits per heavy atom. The van der Waals surface area contributed by atoms with Gasteiger partial charge in [-0.2, -0.15) is 4.31 Å². The predicted octanol–water partition coefficient (Wildman–Crippen LogP) is 2.19. The maximum atomic E-state index is 13.0. The van der Waals surface area contributed by atoms with E-state index in [0.717, 1.165) is 32.1 Å². The van der Waals surface area contributed by atoms with E-state index >= 15 is 0 Å². The molecule has 7 nitrogen and oxygen atoms in total. The third kappa shape index (κ3) is 3.14. The molecule has 1 heterocycles. The molecule has 0 unspecified atom stereocenters. The largest absolute Gasteiger partial charge is 0.477 e. The Kier molecular flexibility index (Phi) is 4.90. The van der Waals surface area contributed by atoms with E-state index in [1.54, 1.807) is 20.2 Å². The highest BCUT2D eigenvalue weighted by Gasteiger charge is 2.29. The normalized spacial score (nSPS) is 16.3. The molecular formula is C18H22N2O5S. The number of nitrogens with zero attached hydrogens (tertiary/aromatic N) is 2. The molecule has 1 aromatic heterocycles. The van der Waals surface area contributed by atoms with Crippen LogP contribution in [0.2, 0.25) is 0 Å². The lowest BCUT2D eigenvalue weighted by Gasteiger charge is -2.30. The smallest absolute Gasteiger partial charge is 0.341 e. The fourth-order valence-electron chi connectivity index (χ4n) is 3.59. The molecule has 0 saturated heterocycles. The monoisotopic (exact) mass is 378 g/mol. The fraction of sp³-hybridized carbons (Fsp3) is 0.444. The van der Waals surface area contributed by atoms with Crippen LogP contribution in [0.3, 0.4) is 0 Å². The molecule has 1 N–H and O–H groups in total. The zero-order valence-electron chi connectivity index (χ0n) is 14.8. The van der Waals surface area contributed by atoms with E-state index in [9.17, 15) is 23.1 Å². The number of aryl methyl sites for hydroxylation is 1. The Bertz CT molecular complexity index is 1020. The highest BCUT2D eigenvalue weighted by atomic mass is 32.2. The molecule has 0 atom stereocenters. The van der Waals surface area contributed by atoms with Crippen molar-refractivity contribution >= 4 is 26.9 Å². The van der Waals surface area contributed by atoms with Crippen molar-refractivity contribution in [2.75, 3.05) is 7.05 Å². The number of rotatable bonds is 4. The molecule has 1 aromatic carbocycles. The third-order valence-corrected chi connectivity index (χ3v) is 7.06. The summed E-state index contributed by atoms with van der Waals surface area (Å²) in [5.74, 6) is -1.33. The Balaban J connectivity index is 2.12. The third-order valence-electron chi connectivity index (χ3n) is 5.16. The van der Waals surface area contributed by atoms with Gasteiger partial charge in [0.2, 0.25) is 15.5 Å². The Labute approximate surface area is 151 Å². The van der Waals surface area contributed by atoms with E-state index in [1.165, 1.54) is 27.2 Å². The SMILES string of the molecule is CN(C1CCCCC1)S(=O)(=O)c1ccc2c(c1)c(=O)c(C(=O)O)cn2C. The Morgan fingerprint density at radius 2 is 1.88 bits per heavy atom. The van der Waals surface area contributed by atoms with Gasteiger partial charge in [0.15, 0.2) is 0 Å². The standard InChI is InChI=1S/C18H22N2O5S/c1-19-11-15(18(22)23)17(21)14-10-13(8-9-16(14)19)26(24,25)20(2)12-6-4-3-5-7-12/h8-12H,3-7H2,1-2H3,(H,22,23). The molecule has 3 rings (SSSR count). The van der Waals surface area contributed by atoms with E-state index < -0.39 is 21.4 Å². The number of aromatic nitrogens is 1. The summed E-state index contributed by atoms with van der Waals surface area (Å²) in [5.41, 5.74) is -0.572. The van der Waals surface area contributed by atoms with Crippen LogP contribution in [0.1, 0.15) is 42.5 Å². The van der Waals surface area contributed by atoms with Gasteiger partial charge in [-0.05, 0) is 31.0 Å². The molecular weight excluding hydrogens is 356 g/mol. The molecule has 2 aromatic rings. The molecule has 1 aliphatic rings. The zero-order valence-corrected chi connectivity index (χ0v) is 15.6. The molecule has 1 saturated carbocycles. The van der Waals surface area contributed by atoms with Gasteiger partial charge in [0.25, 0.3) is 0 Å². The second-order valence-corrected chi connectivity index (χ2v) is 8.78. The number of pyridine rings is 1. The van der Waals surface area contributed by atoms with Crippen LogP contribution in [-0.2, 0) is 17.1 Å². The minimum atomic E-state index is -3.76. The van der Waals surface area contributed by atoms with Gasteiger partial charge in [-0.3, -0.25) is 4.79 Å². The summed E-state index contributed by atoms with van der Waals surface area (Å²) in [6, 6.07) is 4.26. The molecule has 140 valence electrons. The number of aromatic carboxylic acids is 1. The number of carboxylic acids is 1. The number of sulfonamides is 1. The molecule has 1 fully saturated rings. The van der Waals surface area contributed by atoms with Crippen LogP contribution in [-0.4, -0.2) is 41.5 Å². The molecule has 0 amide bonds. The van der Waals surface area contributed by atoms with Crippen LogP contribution in [0.25, 0.3) is 10.9 Å². The maximum absolute atomic E-state index is 13.0. The van der Waals surface area contributed by atoms with Crippen LogP contribution in [0, 0.1) is 0 Å². The minimum absolute atomic E-state index is 0.0118. The van der Waals surface area contributed by atoms with E-state index in [4.69, 9.17) is 0 Å². The van der Waals surface area contributed by atoms with Crippen molar-refractivity contribution in [1.29, 1.82) is 0 Å². The van der Waals surface area contributed by atoms with Crippen LogP contribution in [0.4, 0.5) is 0 Å². The molecule has 0 spiro atoms. The van der Waals surface area contributed by atoms with Crippen molar-refractivity contribution in [3.05, 3.63) is 40.2 Å². The van der Waals surface area contributed by atoms with Gasteiger partial charge in [0.05, 0.1) is 10.4 Å². The topological polar surface area (TPSA) is 96.7 Å². The van der Waals surface area contributed by atoms with E-state index in [-0.39, 0.29) is 21.9 Å². The lowest BCUT2D eigenvalue weighted by Crippen LogP contribution is -2.38. The van der Waals surface area contributed by atoms with Crippen LogP contribution < -0.4 is 5.43 Å². The molecule has 8 heteroatoms. The van der Waals surface area contributed by atoms with Crippen molar-refractivity contribution in [2.24, 2.45) is 7.05 Å². The number of hydrogen-bond acceptors (Lipinski definition) is 4. The first kappa shape index (κ1) is 18.6. The first-order valence-corrected chi connectivity index (χ1v) is 10.0. The van der Waals surface area contributed by atoms with Gasteiger partial charge in [-0.25, -0.2) is 13.2 Å². The fourth-order valence-corrected chi connectivity index (χ4v) is 5.03. The summed E-state index contributed by atoms with van der Waals surface area (Å²) < 4.78 is 28.9. The molecule has 0 radical (unpaired) electrons. The number of carbonyl (C=O) groups is 1. The van der Waals surface area contributed by atoms with Crippen molar-refractivity contribution in [3.63, 3.8) is 0 Å². The zero-order chi connectivity index (χ0) is 19.1. The van der Waals surface area contributed by atoms with E-state index in [2.05, 4.69) is 0 Å². The van der Waals surface area contributed by atoms with Gasteiger partial charge < -0.3 is 9.67 Å². The van der Waals surface area contributed by atoms with E-state index in [0.29, 0.717) is 5.52 Å². The number of hydrogen-bond donors (Lipinski definition) is 1. The van der Waals surface area contributed by atoms with Gasteiger partial charge in [0.1, 0.15) is 5.56 Å². The Morgan fingerprint density at radius 3 is 2.50 bits per heavy atom. The molecule has 0 aliphatic heterocycles. The summed E-state index contributed by atoms with van der Waals surface area (Å²) in [7, 11) is -0.563. The first-order valence-electron chi connectivity index (χ1n) is 8.58. The minimum Gasteiger partial charge on any atom is -0.477 e. The maximum Gasteiger partial charge on any atom is 0.341 e. The highest BCUT2D eigenvalue weighted by molar-refractivity contribution is 7.89. The summed E-state index contributed by atoms with van der Waals surface area (Å²) in [4.78, 5) is 23.8. The summed E-state index contributed by atoms with van der Waals surface area (Å²) >= 11 is 0. The Hall–Kier alpha value is -2.19. The quantitative estimate of drug-likeness (QED) is 0.880. The van der Waals surface area contributed by atoms with Crippen molar-refractivity contribution in [3.8, 4) is 0 Å².